The van der Waals surface area contributed by atoms with Crippen LogP contribution in [-0.4, -0.2) is 31.1 Å². The van der Waals surface area contributed by atoms with Crippen LogP contribution in [0.15, 0.2) is 36.4 Å². The van der Waals surface area contributed by atoms with E-state index >= 15 is 0 Å². The molecule has 8 heteroatoms. The number of rotatable bonds is 7. The van der Waals surface area contributed by atoms with Gasteiger partial charge in [-0.2, -0.15) is 0 Å². The second-order valence-corrected chi connectivity index (χ2v) is 7.24. The molecule has 0 saturated heterocycles. The Morgan fingerprint density at radius 1 is 1.07 bits per heavy atom. The molecule has 0 N–H and O–H groups in total. The number of anilines is 1. The minimum absolute atomic E-state index is 0.201. The molecular formula is C20H20Cl3NO4. The summed E-state index contributed by atoms with van der Waals surface area (Å²) in [5.41, 5.74) is 1.20. The Bertz CT molecular complexity index is 873. The molecule has 150 valence electrons. The van der Waals surface area contributed by atoms with Gasteiger partial charge in [0.05, 0.1) is 16.7 Å². The van der Waals surface area contributed by atoms with E-state index in [9.17, 15) is 9.59 Å². The molecule has 2 aromatic carbocycles. The van der Waals surface area contributed by atoms with Crippen molar-refractivity contribution in [1.29, 1.82) is 0 Å². The van der Waals surface area contributed by atoms with Gasteiger partial charge in [-0.15, -0.1) is 0 Å². The van der Waals surface area contributed by atoms with Crippen molar-refractivity contribution in [3.63, 3.8) is 0 Å². The maximum absolute atomic E-state index is 12.9. The van der Waals surface area contributed by atoms with Gasteiger partial charge in [-0.05, 0) is 62.7 Å². The van der Waals surface area contributed by atoms with Gasteiger partial charge in [0.25, 0.3) is 5.91 Å². The fraction of sp³-hybridized carbons (Fsp3) is 0.300. The number of carbonyl (C=O) groups is 2. The van der Waals surface area contributed by atoms with E-state index in [1.807, 2.05) is 6.92 Å². The summed E-state index contributed by atoms with van der Waals surface area (Å²) >= 11 is 18.0. The van der Waals surface area contributed by atoms with E-state index in [2.05, 4.69) is 0 Å². The number of hydrogen-bond acceptors (Lipinski definition) is 4. The van der Waals surface area contributed by atoms with Crippen LogP contribution in [0.2, 0.25) is 15.1 Å². The molecule has 0 saturated carbocycles. The molecule has 0 aliphatic carbocycles. The van der Waals surface area contributed by atoms with E-state index in [1.165, 1.54) is 11.0 Å². The number of nitrogens with zero attached hydrogens (tertiary/aromatic N) is 1. The number of amides is 1. The molecule has 0 spiro atoms. The van der Waals surface area contributed by atoms with E-state index in [4.69, 9.17) is 44.3 Å². The number of esters is 1. The molecule has 28 heavy (non-hydrogen) atoms. The molecule has 1 atom stereocenters. The largest absolute Gasteiger partial charge is 0.483 e. The van der Waals surface area contributed by atoms with Crippen LogP contribution in [0.3, 0.4) is 0 Å². The molecule has 0 radical (unpaired) electrons. The number of hydrogen-bond donors (Lipinski definition) is 0. The fourth-order valence-corrected chi connectivity index (χ4v) is 3.09. The summed E-state index contributed by atoms with van der Waals surface area (Å²) in [7, 11) is 0. The number of halogens is 3. The zero-order valence-electron chi connectivity index (χ0n) is 15.7. The summed E-state index contributed by atoms with van der Waals surface area (Å²) in [5, 5.41) is 1.18. The van der Waals surface area contributed by atoms with Gasteiger partial charge in [0.1, 0.15) is 11.8 Å². The van der Waals surface area contributed by atoms with Gasteiger partial charge in [-0.1, -0.05) is 34.8 Å². The van der Waals surface area contributed by atoms with Crippen LogP contribution in [0.4, 0.5) is 5.69 Å². The van der Waals surface area contributed by atoms with Crippen LogP contribution in [0.5, 0.6) is 5.75 Å². The molecule has 0 heterocycles. The lowest BCUT2D eigenvalue weighted by Crippen LogP contribution is -2.46. The molecule has 0 aromatic heterocycles. The monoisotopic (exact) mass is 443 g/mol. The highest BCUT2D eigenvalue weighted by atomic mass is 35.5. The van der Waals surface area contributed by atoms with Crippen molar-refractivity contribution < 1.29 is 19.1 Å². The first-order valence-electron chi connectivity index (χ1n) is 8.57. The second kappa shape index (κ2) is 10.0. The maximum atomic E-state index is 12.9. The van der Waals surface area contributed by atoms with E-state index in [0.29, 0.717) is 21.5 Å². The molecule has 2 rings (SSSR count). The van der Waals surface area contributed by atoms with Gasteiger partial charge in [0, 0.05) is 10.7 Å². The normalized spacial score (nSPS) is 11.6. The zero-order chi connectivity index (χ0) is 20.8. The summed E-state index contributed by atoms with van der Waals surface area (Å²) < 4.78 is 10.7. The van der Waals surface area contributed by atoms with E-state index in [-0.39, 0.29) is 18.2 Å². The summed E-state index contributed by atoms with van der Waals surface area (Å²) in [6, 6.07) is 8.90. The van der Waals surface area contributed by atoms with E-state index < -0.39 is 17.9 Å². The van der Waals surface area contributed by atoms with Gasteiger partial charge < -0.3 is 9.47 Å². The minimum atomic E-state index is -0.875. The molecule has 5 nitrogen and oxygen atoms in total. The van der Waals surface area contributed by atoms with Gasteiger partial charge in [0.15, 0.2) is 6.61 Å². The van der Waals surface area contributed by atoms with Crippen LogP contribution in [0.25, 0.3) is 0 Å². The lowest BCUT2D eigenvalue weighted by molar-refractivity contribution is -0.145. The van der Waals surface area contributed by atoms with Crippen molar-refractivity contribution in [2.24, 2.45) is 0 Å². The van der Waals surface area contributed by atoms with Crippen LogP contribution in [0.1, 0.15) is 19.4 Å². The van der Waals surface area contributed by atoms with Crippen molar-refractivity contribution in [1.82, 2.24) is 0 Å². The first kappa shape index (κ1) is 22.3. The van der Waals surface area contributed by atoms with Gasteiger partial charge in [-0.3, -0.25) is 9.69 Å². The van der Waals surface area contributed by atoms with Crippen molar-refractivity contribution in [2.75, 3.05) is 18.1 Å². The summed E-state index contributed by atoms with van der Waals surface area (Å²) in [4.78, 5) is 26.5. The summed E-state index contributed by atoms with van der Waals surface area (Å²) in [6.07, 6.45) is 0. The smallest absolute Gasteiger partial charge is 0.328 e. The molecular weight excluding hydrogens is 425 g/mol. The Morgan fingerprint density at radius 3 is 2.39 bits per heavy atom. The Hall–Kier alpha value is -1.95. The van der Waals surface area contributed by atoms with Crippen LogP contribution in [0, 0.1) is 6.92 Å². The zero-order valence-corrected chi connectivity index (χ0v) is 17.9. The first-order valence-corrected chi connectivity index (χ1v) is 9.70. The predicted octanol–water partition coefficient (Wildman–Crippen LogP) is 5.32. The third-order valence-electron chi connectivity index (χ3n) is 3.95. The average molecular weight is 445 g/mol. The number of ether oxygens (including phenoxy) is 2. The lowest BCUT2D eigenvalue weighted by Gasteiger charge is -2.28. The van der Waals surface area contributed by atoms with Crippen LogP contribution >= 0.6 is 34.8 Å². The SMILES string of the molecule is CCOC(=O)[C@H](C)N(C(=O)COc1ccc(Cl)cc1C)c1ccc(Cl)c(Cl)c1. The topological polar surface area (TPSA) is 55.8 Å². The second-order valence-electron chi connectivity index (χ2n) is 5.99. The van der Waals surface area contributed by atoms with Gasteiger partial charge >= 0.3 is 5.97 Å². The molecule has 0 aliphatic rings. The van der Waals surface area contributed by atoms with Crippen molar-refractivity contribution in [3.05, 3.63) is 57.0 Å². The third-order valence-corrected chi connectivity index (χ3v) is 4.93. The fourth-order valence-electron chi connectivity index (χ4n) is 2.57. The molecule has 0 bridgehead atoms. The Balaban J connectivity index is 2.27. The van der Waals surface area contributed by atoms with Crippen LogP contribution < -0.4 is 9.64 Å². The van der Waals surface area contributed by atoms with Gasteiger partial charge in [-0.25, -0.2) is 4.79 Å². The quantitative estimate of drug-likeness (QED) is 0.542. The third kappa shape index (κ3) is 5.53. The van der Waals surface area contributed by atoms with Crippen molar-refractivity contribution in [2.45, 2.75) is 26.8 Å². The number of aryl methyl sites for hydroxylation is 1. The first-order chi connectivity index (χ1) is 13.2. The molecule has 1 amide bonds. The molecule has 0 unspecified atom stereocenters. The maximum Gasteiger partial charge on any atom is 0.328 e. The highest BCUT2D eigenvalue weighted by Crippen LogP contribution is 2.29. The highest BCUT2D eigenvalue weighted by Gasteiger charge is 2.29. The standard InChI is InChI=1S/C20H20Cl3NO4/c1-4-27-20(26)13(3)24(15-6-7-16(22)17(23)10-15)19(25)11-28-18-8-5-14(21)9-12(18)2/h5-10,13H,4,11H2,1-3H3/t13-/m0/s1. The Kier molecular flexibility index (Phi) is 7.98. The van der Waals surface area contributed by atoms with Crippen molar-refractivity contribution >= 4 is 52.4 Å². The van der Waals surface area contributed by atoms with E-state index in [1.54, 1.807) is 44.2 Å². The summed E-state index contributed by atoms with van der Waals surface area (Å²) in [5.74, 6) is -0.450. The van der Waals surface area contributed by atoms with E-state index in [0.717, 1.165) is 5.56 Å². The van der Waals surface area contributed by atoms with Crippen LogP contribution in [-0.2, 0) is 14.3 Å². The average Bonchev–Trinajstić information content (AvgIpc) is 2.64. The molecule has 2 aromatic rings. The molecule has 0 fully saturated rings. The van der Waals surface area contributed by atoms with Crippen molar-refractivity contribution in [3.8, 4) is 5.75 Å². The number of benzene rings is 2. The summed E-state index contributed by atoms with van der Waals surface area (Å²) in [6.45, 7) is 5.01. The minimum Gasteiger partial charge on any atom is -0.483 e. The Labute approximate surface area is 179 Å². The number of carbonyl (C=O) groups excluding carboxylic acids is 2. The molecule has 0 aliphatic heterocycles. The highest BCUT2D eigenvalue weighted by molar-refractivity contribution is 6.42. The Morgan fingerprint density at radius 2 is 1.79 bits per heavy atom. The lowest BCUT2D eigenvalue weighted by atomic mass is 10.2. The predicted molar refractivity (Wildman–Crippen MR) is 112 cm³/mol. The van der Waals surface area contributed by atoms with Gasteiger partial charge in [0.2, 0.25) is 0 Å².